The first-order chi connectivity index (χ1) is 7.16. The molecule has 0 saturated carbocycles. The SMILES string of the molecule is Cc1cnc(N)c(C2=CC(N)CNC2)c1. The van der Waals surface area contributed by atoms with Crippen molar-refractivity contribution in [3.63, 3.8) is 0 Å². The molecule has 5 N–H and O–H groups in total. The molecule has 0 saturated heterocycles. The zero-order valence-electron chi connectivity index (χ0n) is 8.83. The molecule has 0 fully saturated rings. The van der Waals surface area contributed by atoms with Gasteiger partial charge in [0.25, 0.3) is 0 Å². The number of aryl methyl sites for hydroxylation is 1. The van der Waals surface area contributed by atoms with Crippen LogP contribution in [0.1, 0.15) is 11.1 Å². The molecule has 15 heavy (non-hydrogen) atoms. The molecule has 4 heteroatoms. The summed E-state index contributed by atoms with van der Waals surface area (Å²) in [5.74, 6) is 0.572. The minimum Gasteiger partial charge on any atom is -0.383 e. The molecule has 1 unspecified atom stereocenters. The molecule has 0 bridgehead atoms. The van der Waals surface area contributed by atoms with Gasteiger partial charge < -0.3 is 16.8 Å². The summed E-state index contributed by atoms with van der Waals surface area (Å²) in [6.07, 6.45) is 3.83. The highest BCUT2D eigenvalue weighted by molar-refractivity contribution is 5.75. The largest absolute Gasteiger partial charge is 0.383 e. The van der Waals surface area contributed by atoms with Crippen LogP contribution in [0.25, 0.3) is 5.57 Å². The average Bonchev–Trinajstić information content (AvgIpc) is 2.22. The number of hydrogen-bond donors (Lipinski definition) is 3. The van der Waals surface area contributed by atoms with Crippen LogP contribution in [-0.4, -0.2) is 24.1 Å². The Morgan fingerprint density at radius 1 is 1.53 bits per heavy atom. The summed E-state index contributed by atoms with van der Waals surface area (Å²) in [5.41, 5.74) is 14.9. The standard InChI is InChI=1S/C11H16N4/c1-7-2-10(11(13)15-4-7)8-3-9(12)6-14-5-8/h2-4,9,14H,5-6,12H2,1H3,(H2,13,15). The molecule has 0 aromatic carbocycles. The number of nitrogens with two attached hydrogens (primary N) is 2. The van der Waals surface area contributed by atoms with Gasteiger partial charge in [-0.1, -0.05) is 6.08 Å². The second-order valence-corrected chi connectivity index (χ2v) is 3.93. The summed E-state index contributed by atoms with van der Waals surface area (Å²) in [4.78, 5) is 4.15. The molecule has 80 valence electrons. The number of nitrogens with zero attached hydrogens (tertiary/aromatic N) is 1. The van der Waals surface area contributed by atoms with Crippen molar-refractivity contribution in [2.75, 3.05) is 18.8 Å². The predicted molar refractivity (Wildman–Crippen MR) is 62.2 cm³/mol. The Labute approximate surface area is 89.4 Å². The van der Waals surface area contributed by atoms with Crippen LogP contribution in [0.3, 0.4) is 0 Å². The van der Waals surface area contributed by atoms with Crippen LogP contribution in [0.15, 0.2) is 18.3 Å². The molecule has 1 aromatic rings. The molecule has 2 rings (SSSR count). The lowest BCUT2D eigenvalue weighted by Gasteiger charge is -2.20. The van der Waals surface area contributed by atoms with Crippen molar-refractivity contribution in [1.29, 1.82) is 0 Å². The van der Waals surface area contributed by atoms with E-state index in [2.05, 4.69) is 16.4 Å². The lowest BCUT2D eigenvalue weighted by atomic mass is 10.00. The van der Waals surface area contributed by atoms with E-state index in [1.165, 1.54) is 0 Å². The lowest BCUT2D eigenvalue weighted by Crippen LogP contribution is -2.37. The van der Waals surface area contributed by atoms with Crippen LogP contribution in [0.5, 0.6) is 0 Å². The minimum atomic E-state index is 0.0636. The normalized spacial score (nSPS) is 21.2. The fourth-order valence-electron chi connectivity index (χ4n) is 1.77. The average molecular weight is 204 g/mol. The molecule has 0 radical (unpaired) electrons. The fraction of sp³-hybridized carbons (Fsp3) is 0.364. The van der Waals surface area contributed by atoms with E-state index in [4.69, 9.17) is 11.5 Å². The summed E-state index contributed by atoms with van der Waals surface area (Å²) in [6, 6.07) is 2.11. The summed E-state index contributed by atoms with van der Waals surface area (Å²) < 4.78 is 0. The van der Waals surface area contributed by atoms with E-state index < -0.39 is 0 Å². The number of anilines is 1. The Balaban J connectivity index is 2.40. The quantitative estimate of drug-likeness (QED) is 0.614. The van der Waals surface area contributed by atoms with Crippen LogP contribution in [0, 0.1) is 6.92 Å². The third-order valence-electron chi connectivity index (χ3n) is 2.51. The van der Waals surface area contributed by atoms with Crippen molar-refractivity contribution < 1.29 is 0 Å². The topological polar surface area (TPSA) is 77.0 Å². The maximum atomic E-state index is 5.85. The molecule has 2 heterocycles. The van der Waals surface area contributed by atoms with E-state index in [1.807, 2.05) is 13.0 Å². The fourth-order valence-corrected chi connectivity index (χ4v) is 1.77. The second kappa shape index (κ2) is 4.00. The summed E-state index contributed by atoms with van der Waals surface area (Å²) in [5, 5.41) is 3.25. The summed E-state index contributed by atoms with van der Waals surface area (Å²) >= 11 is 0. The first-order valence-electron chi connectivity index (χ1n) is 5.06. The number of rotatable bonds is 1. The number of nitrogens with one attached hydrogen (secondary N) is 1. The third-order valence-corrected chi connectivity index (χ3v) is 2.51. The van der Waals surface area contributed by atoms with Gasteiger partial charge in [0.2, 0.25) is 0 Å². The highest BCUT2D eigenvalue weighted by atomic mass is 14.9. The summed E-state index contributed by atoms with van der Waals surface area (Å²) in [7, 11) is 0. The highest BCUT2D eigenvalue weighted by Crippen LogP contribution is 2.21. The van der Waals surface area contributed by atoms with Gasteiger partial charge in [0.1, 0.15) is 5.82 Å². The van der Waals surface area contributed by atoms with Crippen molar-refractivity contribution in [3.05, 3.63) is 29.5 Å². The zero-order valence-corrected chi connectivity index (χ0v) is 8.83. The molecular weight excluding hydrogens is 188 g/mol. The second-order valence-electron chi connectivity index (χ2n) is 3.93. The highest BCUT2D eigenvalue weighted by Gasteiger charge is 2.13. The Kier molecular flexibility index (Phi) is 2.70. The lowest BCUT2D eigenvalue weighted by molar-refractivity contribution is 0.663. The van der Waals surface area contributed by atoms with Crippen molar-refractivity contribution in [3.8, 4) is 0 Å². The monoisotopic (exact) mass is 204 g/mol. The molecule has 1 aliphatic heterocycles. The van der Waals surface area contributed by atoms with Crippen molar-refractivity contribution in [2.24, 2.45) is 5.73 Å². The maximum absolute atomic E-state index is 5.85. The molecule has 1 aromatic heterocycles. The van der Waals surface area contributed by atoms with E-state index in [0.29, 0.717) is 5.82 Å². The van der Waals surface area contributed by atoms with Gasteiger partial charge in [0, 0.05) is 30.9 Å². The van der Waals surface area contributed by atoms with Crippen LogP contribution in [-0.2, 0) is 0 Å². The van der Waals surface area contributed by atoms with E-state index in [0.717, 1.165) is 29.8 Å². The molecule has 4 nitrogen and oxygen atoms in total. The van der Waals surface area contributed by atoms with E-state index in [9.17, 15) is 0 Å². The van der Waals surface area contributed by atoms with Crippen LogP contribution in [0.4, 0.5) is 5.82 Å². The van der Waals surface area contributed by atoms with Gasteiger partial charge in [0.15, 0.2) is 0 Å². The van der Waals surface area contributed by atoms with Gasteiger partial charge in [-0.15, -0.1) is 0 Å². The Morgan fingerprint density at radius 2 is 2.33 bits per heavy atom. The predicted octanol–water partition coefficient (Wildman–Crippen LogP) is 0.286. The van der Waals surface area contributed by atoms with E-state index in [1.54, 1.807) is 6.20 Å². The number of pyridine rings is 1. The first kappa shape index (κ1) is 10.1. The first-order valence-corrected chi connectivity index (χ1v) is 5.06. The van der Waals surface area contributed by atoms with Crippen LogP contribution >= 0.6 is 0 Å². The van der Waals surface area contributed by atoms with Gasteiger partial charge in [-0.3, -0.25) is 0 Å². The molecule has 0 amide bonds. The smallest absolute Gasteiger partial charge is 0.130 e. The molecule has 0 aliphatic carbocycles. The maximum Gasteiger partial charge on any atom is 0.130 e. The summed E-state index contributed by atoms with van der Waals surface area (Å²) in [6.45, 7) is 3.64. The van der Waals surface area contributed by atoms with Crippen molar-refractivity contribution in [1.82, 2.24) is 10.3 Å². The van der Waals surface area contributed by atoms with E-state index in [-0.39, 0.29) is 6.04 Å². The molecule has 0 spiro atoms. The Hall–Kier alpha value is -1.39. The van der Waals surface area contributed by atoms with Gasteiger partial charge in [-0.2, -0.15) is 0 Å². The van der Waals surface area contributed by atoms with Crippen LogP contribution < -0.4 is 16.8 Å². The number of hydrogen-bond acceptors (Lipinski definition) is 4. The molecule has 1 aliphatic rings. The Morgan fingerprint density at radius 3 is 3.07 bits per heavy atom. The minimum absolute atomic E-state index is 0.0636. The van der Waals surface area contributed by atoms with Gasteiger partial charge in [-0.25, -0.2) is 4.98 Å². The van der Waals surface area contributed by atoms with Gasteiger partial charge >= 0.3 is 0 Å². The molecule has 1 atom stereocenters. The third kappa shape index (κ3) is 2.16. The van der Waals surface area contributed by atoms with Gasteiger partial charge in [0.05, 0.1) is 0 Å². The zero-order chi connectivity index (χ0) is 10.8. The van der Waals surface area contributed by atoms with Gasteiger partial charge in [-0.05, 0) is 24.1 Å². The number of aromatic nitrogens is 1. The van der Waals surface area contributed by atoms with Crippen molar-refractivity contribution in [2.45, 2.75) is 13.0 Å². The number of nitrogen functional groups attached to an aromatic ring is 1. The van der Waals surface area contributed by atoms with Crippen LogP contribution in [0.2, 0.25) is 0 Å². The van der Waals surface area contributed by atoms with Crippen molar-refractivity contribution >= 4 is 11.4 Å². The Bertz CT molecular complexity index is 398. The van der Waals surface area contributed by atoms with E-state index >= 15 is 0 Å². The molecular formula is C11H16N4.